The number of nitrogens with two attached hydrogens (primary N) is 1. The number of benzene rings is 1. The summed E-state index contributed by atoms with van der Waals surface area (Å²) in [6.07, 6.45) is 1.11. The van der Waals surface area contributed by atoms with Gasteiger partial charge in [-0.25, -0.2) is 0 Å². The van der Waals surface area contributed by atoms with Crippen molar-refractivity contribution in [3.05, 3.63) is 29.8 Å². The van der Waals surface area contributed by atoms with Crippen LogP contribution in [0.15, 0.2) is 24.3 Å². The van der Waals surface area contributed by atoms with Crippen LogP contribution in [-0.2, 0) is 4.74 Å². The van der Waals surface area contributed by atoms with Crippen molar-refractivity contribution in [1.29, 1.82) is 0 Å². The van der Waals surface area contributed by atoms with Crippen molar-refractivity contribution in [3.8, 4) is 0 Å². The molecule has 68 valence electrons. The van der Waals surface area contributed by atoms with Gasteiger partial charge in [0.2, 0.25) is 0 Å². The molecule has 1 saturated heterocycles. The molecule has 0 amide bonds. The Bertz CT molecular complexity index is 285. The topological polar surface area (TPSA) is 35.2 Å². The van der Waals surface area contributed by atoms with E-state index in [1.807, 2.05) is 0 Å². The Labute approximate surface area is 86.5 Å². The Morgan fingerprint density at radius 1 is 1.31 bits per heavy atom. The van der Waals surface area contributed by atoms with E-state index in [1.165, 1.54) is 9.99 Å². The lowest BCUT2D eigenvalue weighted by molar-refractivity contribution is 0.105. The lowest BCUT2D eigenvalue weighted by Gasteiger charge is -2.14. The first-order valence-corrected chi connectivity index (χ1v) is 5.71. The van der Waals surface area contributed by atoms with Crippen LogP contribution >= 0.6 is 0 Å². The number of rotatable bonds is 1. The zero-order valence-electron chi connectivity index (χ0n) is 7.86. The molecular formula is C10H14AlNO. The van der Waals surface area contributed by atoms with Crippen LogP contribution in [0.3, 0.4) is 0 Å². The van der Waals surface area contributed by atoms with Crippen molar-refractivity contribution < 1.29 is 4.74 Å². The van der Waals surface area contributed by atoms with Gasteiger partial charge in [0.1, 0.15) is 0 Å². The second kappa shape index (κ2) is 3.81. The van der Waals surface area contributed by atoms with E-state index in [9.17, 15) is 0 Å². The minimum absolute atomic E-state index is 0.127. The average molecular weight is 191 g/mol. The molecule has 1 aromatic rings. The SMILES string of the molecule is NC1CCOC1c1cc[c]([AlH2])cc1. The highest BCUT2D eigenvalue weighted by molar-refractivity contribution is 6.32. The third-order valence-electron chi connectivity index (χ3n) is 2.54. The van der Waals surface area contributed by atoms with Crippen LogP contribution < -0.4 is 10.2 Å². The van der Waals surface area contributed by atoms with Gasteiger partial charge in [-0.2, -0.15) is 0 Å². The van der Waals surface area contributed by atoms with Crippen molar-refractivity contribution in [2.75, 3.05) is 6.61 Å². The van der Waals surface area contributed by atoms with E-state index in [0.717, 1.165) is 29.3 Å². The molecule has 2 N–H and O–H groups in total. The largest absolute Gasteiger partial charge is 0.372 e. The summed E-state index contributed by atoms with van der Waals surface area (Å²) in [5, 5.41) is 0. The molecule has 0 aliphatic carbocycles. The zero-order chi connectivity index (χ0) is 9.26. The zero-order valence-corrected chi connectivity index (χ0v) is 9.86. The van der Waals surface area contributed by atoms with Crippen molar-refractivity contribution in [3.63, 3.8) is 0 Å². The van der Waals surface area contributed by atoms with Gasteiger partial charge in [0.15, 0.2) is 0 Å². The Balaban J connectivity index is 2.20. The maximum absolute atomic E-state index is 5.93. The van der Waals surface area contributed by atoms with E-state index in [1.54, 1.807) is 0 Å². The summed E-state index contributed by atoms with van der Waals surface area (Å²) >= 11 is 1.11. The van der Waals surface area contributed by atoms with Crippen molar-refractivity contribution >= 4 is 20.7 Å². The fourth-order valence-corrected chi connectivity index (χ4v) is 2.04. The molecule has 1 fully saturated rings. The molecule has 1 aromatic carbocycles. The van der Waals surface area contributed by atoms with Crippen LogP contribution in [-0.4, -0.2) is 28.9 Å². The Hall–Kier alpha value is -0.328. The predicted molar refractivity (Wildman–Crippen MR) is 55.9 cm³/mol. The monoisotopic (exact) mass is 191 g/mol. The van der Waals surface area contributed by atoms with E-state index >= 15 is 0 Å². The normalized spacial score (nSPS) is 27.8. The van der Waals surface area contributed by atoms with Crippen LogP contribution in [0.2, 0.25) is 0 Å². The van der Waals surface area contributed by atoms with Gasteiger partial charge in [-0.3, -0.25) is 0 Å². The minimum atomic E-state index is 0.127. The standard InChI is InChI=1S/C10H12NO.Al.2H/c11-9-6-7-12-10(9)8-4-2-1-3-5-8;;;/h2-5,9-10H,6-7,11H2;;;. The third-order valence-corrected chi connectivity index (χ3v) is 3.21. The minimum Gasteiger partial charge on any atom is -0.372 e. The fourth-order valence-electron chi connectivity index (χ4n) is 1.71. The molecule has 1 aliphatic rings. The van der Waals surface area contributed by atoms with Gasteiger partial charge < -0.3 is 10.5 Å². The summed E-state index contributed by atoms with van der Waals surface area (Å²) in [5.41, 5.74) is 7.16. The molecule has 2 atom stereocenters. The molecule has 1 aliphatic heterocycles. The van der Waals surface area contributed by atoms with Crippen LogP contribution in [0.1, 0.15) is 18.1 Å². The molecule has 13 heavy (non-hydrogen) atoms. The van der Waals surface area contributed by atoms with Gasteiger partial charge in [-0.15, -0.1) is 4.43 Å². The van der Waals surface area contributed by atoms with Gasteiger partial charge >= 0.3 is 0 Å². The highest BCUT2D eigenvalue weighted by atomic mass is 27.0. The second-order valence-electron chi connectivity index (χ2n) is 3.65. The van der Waals surface area contributed by atoms with Crippen molar-refractivity contribution in [2.24, 2.45) is 5.73 Å². The van der Waals surface area contributed by atoms with Crippen LogP contribution in [0.4, 0.5) is 0 Å². The highest BCUT2D eigenvalue weighted by Gasteiger charge is 2.25. The van der Waals surface area contributed by atoms with E-state index in [-0.39, 0.29) is 12.1 Å². The van der Waals surface area contributed by atoms with E-state index in [0.29, 0.717) is 0 Å². The summed E-state index contributed by atoms with van der Waals surface area (Å²) in [5.74, 6) is 0. The molecule has 0 saturated carbocycles. The first kappa shape index (κ1) is 9.24. The molecule has 0 aromatic heterocycles. The predicted octanol–water partition coefficient (Wildman–Crippen LogP) is -0.266. The average Bonchev–Trinajstić information content (AvgIpc) is 2.53. The number of hydrogen-bond donors (Lipinski definition) is 1. The van der Waals surface area contributed by atoms with Crippen LogP contribution in [0.5, 0.6) is 0 Å². The third kappa shape index (κ3) is 1.95. The second-order valence-corrected chi connectivity index (χ2v) is 4.81. The van der Waals surface area contributed by atoms with Gasteiger partial charge in [-0.05, 0) is 12.0 Å². The molecule has 1 heterocycles. The summed E-state index contributed by atoms with van der Waals surface area (Å²) in [4.78, 5) is 0. The molecule has 0 radical (unpaired) electrons. The summed E-state index contributed by atoms with van der Waals surface area (Å²) in [6.45, 7) is 0.800. The first-order valence-electron chi connectivity index (χ1n) is 4.71. The van der Waals surface area contributed by atoms with E-state index in [4.69, 9.17) is 10.5 Å². The lowest BCUT2D eigenvalue weighted by atomic mass is 10.0. The highest BCUT2D eigenvalue weighted by Crippen LogP contribution is 2.26. The van der Waals surface area contributed by atoms with E-state index < -0.39 is 0 Å². The molecule has 2 unspecified atom stereocenters. The summed E-state index contributed by atoms with van der Waals surface area (Å²) in [7, 11) is 0. The Morgan fingerprint density at radius 3 is 2.54 bits per heavy atom. The number of ether oxygens (including phenoxy) is 1. The summed E-state index contributed by atoms with van der Waals surface area (Å²) in [6, 6.07) is 8.78. The quantitative estimate of drug-likeness (QED) is 0.620. The smallest absolute Gasteiger partial charge is 0.258 e. The number of hydrogen-bond acceptors (Lipinski definition) is 2. The maximum atomic E-state index is 5.93. The maximum Gasteiger partial charge on any atom is 0.258 e. The summed E-state index contributed by atoms with van der Waals surface area (Å²) < 4.78 is 6.99. The van der Waals surface area contributed by atoms with Crippen molar-refractivity contribution in [1.82, 2.24) is 0 Å². The van der Waals surface area contributed by atoms with Crippen LogP contribution in [0.25, 0.3) is 0 Å². The van der Waals surface area contributed by atoms with E-state index in [2.05, 4.69) is 24.3 Å². The fraction of sp³-hybridized carbons (Fsp3) is 0.400. The molecule has 2 nitrogen and oxygen atoms in total. The van der Waals surface area contributed by atoms with Gasteiger partial charge in [-0.1, -0.05) is 24.3 Å². The first-order chi connectivity index (χ1) is 6.27. The molecule has 0 bridgehead atoms. The van der Waals surface area contributed by atoms with Gasteiger partial charge in [0.25, 0.3) is 16.3 Å². The molecular weight excluding hydrogens is 177 g/mol. The molecule has 3 heteroatoms. The van der Waals surface area contributed by atoms with Crippen molar-refractivity contribution in [2.45, 2.75) is 18.6 Å². The van der Waals surface area contributed by atoms with Gasteiger partial charge in [0.05, 0.1) is 6.10 Å². The van der Waals surface area contributed by atoms with Crippen LogP contribution in [0, 0.1) is 0 Å². The molecule has 2 rings (SSSR count). The molecule has 0 spiro atoms. The van der Waals surface area contributed by atoms with Gasteiger partial charge in [0, 0.05) is 12.6 Å². The lowest BCUT2D eigenvalue weighted by Crippen LogP contribution is -2.23. The Kier molecular flexibility index (Phi) is 2.71. The Morgan fingerprint density at radius 2 is 2.00 bits per heavy atom.